The first-order valence-electron chi connectivity index (χ1n) is 9.68. The summed E-state index contributed by atoms with van der Waals surface area (Å²) in [6.07, 6.45) is 2.45. The standard InChI is InChI=1S/C19H24N4O4S2/c1-12(13-4-5-15-16(9-13)27-8-7-26-15)21-17(24)11-28-19-23-22-18(29-19)20-10-14-3-2-6-25-14/h4-5,9,12,14H,2-3,6-8,10-11H2,1H3,(H,20,22)(H,21,24). The molecule has 2 atom stereocenters. The van der Waals surface area contributed by atoms with Gasteiger partial charge in [0.05, 0.1) is 17.9 Å². The number of anilines is 1. The van der Waals surface area contributed by atoms with E-state index in [1.165, 1.54) is 23.1 Å². The highest BCUT2D eigenvalue weighted by atomic mass is 32.2. The second kappa shape index (κ2) is 9.64. The minimum Gasteiger partial charge on any atom is -0.486 e. The molecule has 0 radical (unpaired) electrons. The number of nitrogens with one attached hydrogen (secondary N) is 2. The van der Waals surface area contributed by atoms with Crippen LogP contribution in [0.5, 0.6) is 11.5 Å². The maximum absolute atomic E-state index is 12.3. The van der Waals surface area contributed by atoms with Gasteiger partial charge in [-0.15, -0.1) is 10.2 Å². The van der Waals surface area contributed by atoms with Gasteiger partial charge in [0.25, 0.3) is 0 Å². The molecule has 2 unspecified atom stereocenters. The second-order valence-electron chi connectivity index (χ2n) is 6.87. The van der Waals surface area contributed by atoms with Crippen molar-refractivity contribution in [2.75, 3.05) is 37.4 Å². The average Bonchev–Trinajstić information content (AvgIpc) is 3.42. The molecular weight excluding hydrogens is 412 g/mol. The van der Waals surface area contributed by atoms with Gasteiger partial charge in [0.2, 0.25) is 11.0 Å². The Morgan fingerprint density at radius 1 is 1.28 bits per heavy atom. The van der Waals surface area contributed by atoms with Crippen molar-refractivity contribution >= 4 is 34.1 Å². The fourth-order valence-electron chi connectivity index (χ4n) is 3.17. The van der Waals surface area contributed by atoms with Crippen molar-refractivity contribution in [2.45, 2.75) is 36.3 Å². The molecule has 4 rings (SSSR count). The summed E-state index contributed by atoms with van der Waals surface area (Å²) in [4.78, 5) is 12.3. The summed E-state index contributed by atoms with van der Waals surface area (Å²) in [6.45, 7) is 4.63. The van der Waals surface area contributed by atoms with Crippen molar-refractivity contribution < 1.29 is 19.0 Å². The number of rotatable bonds is 8. The topological polar surface area (TPSA) is 94.6 Å². The average molecular weight is 437 g/mol. The summed E-state index contributed by atoms with van der Waals surface area (Å²) in [6, 6.07) is 5.62. The van der Waals surface area contributed by atoms with E-state index >= 15 is 0 Å². The number of carbonyl (C=O) groups is 1. The van der Waals surface area contributed by atoms with E-state index in [1.54, 1.807) is 0 Å². The molecule has 3 heterocycles. The van der Waals surface area contributed by atoms with Crippen LogP contribution in [0.25, 0.3) is 0 Å². The Morgan fingerprint density at radius 3 is 2.97 bits per heavy atom. The van der Waals surface area contributed by atoms with E-state index in [2.05, 4.69) is 20.8 Å². The van der Waals surface area contributed by atoms with Crippen molar-refractivity contribution in [2.24, 2.45) is 0 Å². The van der Waals surface area contributed by atoms with E-state index in [4.69, 9.17) is 14.2 Å². The van der Waals surface area contributed by atoms with Crippen LogP contribution >= 0.6 is 23.1 Å². The molecule has 8 nitrogen and oxygen atoms in total. The van der Waals surface area contributed by atoms with Gasteiger partial charge in [0.1, 0.15) is 13.2 Å². The van der Waals surface area contributed by atoms with Gasteiger partial charge < -0.3 is 24.8 Å². The van der Waals surface area contributed by atoms with Crippen LogP contribution in [-0.4, -0.2) is 54.3 Å². The van der Waals surface area contributed by atoms with Crippen LogP contribution in [0, 0.1) is 0 Å². The quantitative estimate of drug-likeness (QED) is 0.610. The van der Waals surface area contributed by atoms with Crippen molar-refractivity contribution in [3.63, 3.8) is 0 Å². The third-order valence-electron chi connectivity index (χ3n) is 4.68. The Hall–Kier alpha value is -2.04. The molecule has 1 fully saturated rings. The fourth-order valence-corrected chi connectivity index (χ4v) is 4.74. The second-order valence-corrected chi connectivity index (χ2v) is 9.07. The Kier molecular flexibility index (Phi) is 6.73. The molecule has 2 aromatic rings. The number of hydrogen-bond acceptors (Lipinski definition) is 9. The lowest BCUT2D eigenvalue weighted by Crippen LogP contribution is -2.28. The van der Waals surface area contributed by atoms with Gasteiger partial charge in [-0.2, -0.15) is 0 Å². The summed E-state index contributed by atoms with van der Waals surface area (Å²) in [5, 5.41) is 15.3. The van der Waals surface area contributed by atoms with Crippen molar-refractivity contribution in [1.82, 2.24) is 15.5 Å². The van der Waals surface area contributed by atoms with Crippen LogP contribution in [0.4, 0.5) is 5.13 Å². The number of carbonyl (C=O) groups excluding carboxylic acids is 1. The number of hydrogen-bond donors (Lipinski definition) is 2. The predicted molar refractivity (Wildman–Crippen MR) is 112 cm³/mol. The molecule has 1 aromatic heterocycles. The smallest absolute Gasteiger partial charge is 0.230 e. The number of fused-ring (bicyclic) bond motifs is 1. The lowest BCUT2D eigenvalue weighted by atomic mass is 10.1. The maximum Gasteiger partial charge on any atom is 0.230 e. The van der Waals surface area contributed by atoms with Gasteiger partial charge in [-0.3, -0.25) is 4.79 Å². The maximum atomic E-state index is 12.3. The van der Waals surface area contributed by atoms with Gasteiger partial charge >= 0.3 is 0 Å². The molecule has 2 aliphatic heterocycles. The van der Waals surface area contributed by atoms with Gasteiger partial charge in [0.15, 0.2) is 15.8 Å². The van der Waals surface area contributed by atoms with Crippen LogP contribution < -0.4 is 20.1 Å². The van der Waals surface area contributed by atoms with Crippen LogP contribution in [0.2, 0.25) is 0 Å². The van der Waals surface area contributed by atoms with Gasteiger partial charge in [-0.1, -0.05) is 29.2 Å². The van der Waals surface area contributed by atoms with E-state index in [1.807, 2.05) is 25.1 Å². The molecule has 156 valence electrons. The van der Waals surface area contributed by atoms with Gasteiger partial charge in [-0.25, -0.2) is 0 Å². The number of ether oxygens (including phenoxy) is 3. The lowest BCUT2D eigenvalue weighted by molar-refractivity contribution is -0.119. The zero-order valence-electron chi connectivity index (χ0n) is 16.2. The first kappa shape index (κ1) is 20.2. The van der Waals surface area contributed by atoms with Crippen LogP contribution in [-0.2, 0) is 9.53 Å². The molecule has 0 bridgehead atoms. The highest BCUT2D eigenvalue weighted by molar-refractivity contribution is 8.01. The molecule has 0 saturated carbocycles. The number of aromatic nitrogens is 2. The normalized spacial score (nSPS) is 19.0. The van der Waals surface area contributed by atoms with Gasteiger partial charge in [-0.05, 0) is 37.5 Å². The molecule has 1 amide bonds. The number of benzene rings is 1. The first-order valence-corrected chi connectivity index (χ1v) is 11.5. The highest BCUT2D eigenvalue weighted by Gasteiger charge is 2.18. The molecule has 1 saturated heterocycles. The Labute approximate surface area is 177 Å². The number of amides is 1. The summed E-state index contributed by atoms with van der Waals surface area (Å²) in [5.41, 5.74) is 0.976. The first-order chi connectivity index (χ1) is 14.2. The van der Waals surface area contributed by atoms with E-state index in [0.29, 0.717) is 13.2 Å². The monoisotopic (exact) mass is 436 g/mol. The Morgan fingerprint density at radius 2 is 2.14 bits per heavy atom. The largest absolute Gasteiger partial charge is 0.486 e. The molecule has 0 spiro atoms. The highest BCUT2D eigenvalue weighted by Crippen LogP contribution is 2.32. The molecule has 29 heavy (non-hydrogen) atoms. The number of nitrogens with zero attached hydrogens (tertiary/aromatic N) is 2. The van der Waals surface area contributed by atoms with E-state index in [9.17, 15) is 4.79 Å². The van der Waals surface area contributed by atoms with Crippen LogP contribution in [0.1, 0.15) is 31.4 Å². The molecule has 2 aliphatic rings. The predicted octanol–water partition coefficient (Wildman–Crippen LogP) is 2.87. The molecular formula is C19H24N4O4S2. The third-order valence-corrected chi connectivity index (χ3v) is 6.70. The zero-order chi connectivity index (χ0) is 20.1. The van der Waals surface area contributed by atoms with Crippen LogP contribution in [0.3, 0.4) is 0 Å². The summed E-state index contributed by atoms with van der Waals surface area (Å²) in [5.74, 6) is 1.70. The molecule has 2 N–H and O–H groups in total. The van der Waals surface area contributed by atoms with Gasteiger partial charge in [0, 0.05) is 13.2 Å². The SMILES string of the molecule is CC(NC(=O)CSc1nnc(NCC2CCCO2)s1)c1ccc2c(c1)OCCO2. The fraction of sp³-hybridized carbons (Fsp3) is 0.526. The minimum absolute atomic E-state index is 0.0542. The molecule has 1 aromatic carbocycles. The Bertz CT molecular complexity index is 841. The van der Waals surface area contributed by atoms with E-state index < -0.39 is 0 Å². The van der Waals surface area contributed by atoms with E-state index in [0.717, 1.165) is 52.5 Å². The third kappa shape index (κ3) is 5.52. The van der Waals surface area contributed by atoms with Crippen molar-refractivity contribution in [3.8, 4) is 11.5 Å². The summed E-state index contributed by atoms with van der Waals surface area (Å²) in [7, 11) is 0. The zero-order valence-corrected chi connectivity index (χ0v) is 17.8. The van der Waals surface area contributed by atoms with Crippen LogP contribution in [0.15, 0.2) is 22.5 Å². The van der Waals surface area contributed by atoms with Crippen molar-refractivity contribution in [1.29, 1.82) is 0 Å². The number of thioether (sulfide) groups is 1. The Balaban J connectivity index is 1.22. The molecule has 10 heteroatoms. The lowest BCUT2D eigenvalue weighted by Gasteiger charge is -2.21. The summed E-state index contributed by atoms with van der Waals surface area (Å²) < 4.78 is 17.5. The van der Waals surface area contributed by atoms with E-state index in [-0.39, 0.29) is 23.8 Å². The molecule has 0 aliphatic carbocycles. The minimum atomic E-state index is -0.128. The summed E-state index contributed by atoms with van der Waals surface area (Å²) >= 11 is 2.84. The van der Waals surface area contributed by atoms with Crippen molar-refractivity contribution in [3.05, 3.63) is 23.8 Å².